The summed E-state index contributed by atoms with van der Waals surface area (Å²) < 4.78 is 15.9. The second kappa shape index (κ2) is 8.40. The highest BCUT2D eigenvalue weighted by Gasteiger charge is 2.21. The SMILES string of the molecule is COc1cccc(/C=C/C(=O)Oc2ccc(N3CCCC3=O)cc2)c1OC. The van der Waals surface area contributed by atoms with Crippen LogP contribution in [0, 0.1) is 0 Å². The van der Waals surface area contributed by atoms with E-state index < -0.39 is 5.97 Å². The lowest BCUT2D eigenvalue weighted by Crippen LogP contribution is -2.23. The van der Waals surface area contributed by atoms with Gasteiger partial charge in [0.15, 0.2) is 11.5 Å². The lowest BCUT2D eigenvalue weighted by atomic mass is 10.1. The predicted octanol–water partition coefficient (Wildman–Crippen LogP) is 3.45. The molecule has 27 heavy (non-hydrogen) atoms. The Balaban J connectivity index is 1.66. The number of nitrogens with zero attached hydrogens (tertiary/aromatic N) is 1. The van der Waals surface area contributed by atoms with E-state index >= 15 is 0 Å². The number of hydrogen-bond acceptors (Lipinski definition) is 5. The minimum absolute atomic E-state index is 0.120. The van der Waals surface area contributed by atoms with Crippen molar-refractivity contribution in [1.29, 1.82) is 0 Å². The van der Waals surface area contributed by atoms with Gasteiger partial charge in [0.1, 0.15) is 5.75 Å². The van der Waals surface area contributed by atoms with Crippen molar-refractivity contribution in [2.45, 2.75) is 12.8 Å². The Labute approximate surface area is 158 Å². The number of rotatable bonds is 6. The smallest absolute Gasteiger partial charge is 0.336 e. The van der Waals surface area contributed by atoms with E-state index in [9.17, 15) is 9.59 Å². The number of esters is 1. The lowest BCUT2D eigenvalue weighted by Gasteiger charge is -2.15. The van der Waals surface area contributed by atoms with Crippen molar-refractivity contribution in [3.63, 3.8) is 0 Å². The molecular weight excluding hydrogens is 346 g/mol. The fourth-order valence-electron chi connectivity index (χ4n) is 2.97. The molecule has 1 aliphatic heterocycles. The average molecular weight is 367 g/mol. The van der Waals surface area contributed by atoms with Crippen LogP contribution in [-0.2, 0) is 9.59 Å². The highest BCUT2D eigenvalue weighted by molar-refractivity contribution is 5.95. The van der Waals surface area contributed by atoms with Gasteiger partial charge in [-0.3, -0.25) is 4.79 Å². The van der Waals surface area contributed by atoms with Crippen LogP contribution in [0.15, 0.2) is 48.5 Å². The first-order valence-corrected chi connectivity index (χ1v) is 8.63. The van der Waals surface area contributed by atoms with Gasteiger partial charge in [0.25, 0.3) is 0 Å². The molecule has 6 nitrogen and oxygen atoms in total. The average Bonchev–Trinajstić information content (AvgIpc) is 3.12. The molecule has 0 aromatic heterocycles. The molecule has 2 aromatic rings. The third-order valence-electron chi connectivity index (χ3n) is 4.27. The second-order valence-corrected chi connectivity index (χ2v) is 5.98. The molecule has 0 spiro atoms. The lowest BCUT2D eigenvalue weighted by molar-refractivity contribution is -0.128. The van der Waals surface area contributed by atoms with E-state index in [4.69, 9.17) is 14.2 Å². The summed E-state index contributed by atoms with van der Waals surface area (Å²) in [5.74, 6) is 1.15. The van der Waals surface area contributed by atoms with Crippen molar-refractivity contribution in [3.8, 4) is 17.2 Å². The third kappa shape index (κ3) is 4.28. The van der Waals surface area contributed by atoms with Crippen LogP contribution in [-0.4, -0.2) is 32.6 Å². The number of anilines is 1. The quantitative estimate of drug-likeness (QED) is 0.444. The van der Waals surface area contributed by atoms with E-state index in [-0.39, 0.29) is 5.91 Å². The molecule has 0 saturated carbocycles. The fourth-order valence-corrected chi connectivity index (χ4v) is 2.97. The second-order valence-electron chi connectivity index (χ2n) is 5.98. The van der Waals surface area contributed by atoms with Crippen LogP contribution in [0.3, 0.4) is 0 Å². The Morgan fingerprint density at radius 2 is 1.85 bits per heavy atom. The van der Waals surface area contributed by atoms with Crippen LogP contribution >= 0.6 is 0 Å². The van der Waals surface area contributed by atoms with Gasteiger partial charge in [0.05, 0.1) is 14.2 Å². The Hall–Kier alpha value is -3.28. The number of ether oxygens (including phenoxy) is 3. The van der Waals surface area contributed by atoms with Gasteiger partial charge in [0.2, 0.25) is 5.91 Å². The summed E-state index contributed by atoms with van der Waals surface area (Å²) >= 11 is 0. The molecule has 140 valence electrons. The summed E-state index contributed by atoms with van der Waals surface area (Å²) in [6.07, 6.45) is 4.39. The molecule has 1 aliphatic rings. The van der Waals surface area contributed by atoms with E-state index in [1.165, 1.54) is 6.08 Å². The number of benzene rings is 2. The van der Waals surface area contributed by atoms with Crippen molar-refractivity contribution < 1.29 is 23.8 Å². The van der Waals surface area contributed by atoms with Crippen molar-refractivity contribution in [2.75, 3.05) is 25.7 Å². The highest BCUT2D eigenvalue weighted by atomic mass is 16.5. The number of carbonyl (C=O) groups is 2. The summed E-state index contributed by atoms with van der Waals surface area (Å²) in [7, 11) is 3.10. The summed E-state index contributed by atoms with van der Waals surface area (Å²) in [6, 6.07) is 12.3. The van der Waals surface area contributed by atoms with E-state index in [1.54, 1.807) is 55.5 Å². The molecule has 3 rings (SSSR count). The molecule has 1 fully saturated rings. The molecule has 2 aromatic carbocycles. The van der Waals surface area contributed by atoms with E-state index in [2.05, 4.69) is 0 Å². The van der Waals surface area contributed by atoms with Gasteiger partial charge < -0.3 is 19.1 Å². The van der Waals surface area contributed by atoms with E-state index in [1.807, 2.05) is 12.1 Å². The number of methoxy groups -OCH3 is 2. The molecular formula is C21H21NO5. The first-order chi connectivity index (χ1) is 13.1. The Morgan fingerprint density at radius 3 is 2.48 bits per heavy atom. The number of para-hydroxylation sites is 1. The summed E-state index contributed by atoms with van der Waals surface area (Å²) in [6.45, 7) is 0.725. The van der Waals surface area contributed by atoms with E-state index in [0.717, 1.165) is 18.7 Å². The Kier molecular flexibility index (Phi) is 5.76. The van der Waals surface area contributed by atoms with Crippen molar-refractivity contribution in [2.24, 2.45) is 0 Å². The molecule has 1 saturated heterocycles. The third-order valence-corrected chi connectivity index (χ3v) is 4.27. The summed E-state index contributed by atoms with van der Waals surface area (Å²) in [5, 5.41) is 0. The maximum atomic E-state index is 12.1. The molecule has 0 atom stereocenters. The van der Waals surface area contributed by atoms with Crippen LogP contribution in [0.1, 0.15) is 18.4 Å². The van der Waals surface area contributed by atoms with Gasteiger partial charge in [-0.2, -0.15) is 0 Å². The van der Waals surface area contributed by atoms with Crippen molar-refractivity contribution in [1.82, 2.24) is 0 Å². The first kappa shape index (κ1) is 18.5. The normalized spacial score (nSPS) is 13.9. The molecule has 0 radical (unpaired) electrons. The zero-order valence-corrected chi connectivity index (χ0v) is 15.3. The maximum Gasteiger partial charge on any atom is 0.336 e. The number of carbonyl (C=O) groups excluding carboxylic acids is 2. The maximum absolute atomic E-state index is 12.1. The minimum atomic E-state index is -0.509. The van der Waals surface area contributed by atoms with Gasteiger partial charge in [-0.05, 0) is 42.8 Å². The van der Waals surface area contributed by atoms with Crippen LogP contribution in [0.4, 0.5) is 5.69 Å². The van der Waals surface area contributed by atoms with Crippen LogP contribution in [0.5, 0.6) is 17.2 Å². The van der Waals surface area contributed by atoms with Crippen LogP contribution < -0.4 is 19.1 Å². The molecule has 0 N–H and O–H groups in total. The van der Waals surface area contributed by atoms with Crippen LogP contribution in [0.2, 0.25) is 0 Å². The number of amides is 1. The predicted molar refractivity (Wildman–Crippen MR) is 102 cm³/mol. The molecule has 0 unspecified atom stereocenters. The monoisotopic (exact) mass is 367 g/mol. The summed E-state index contributed by atoms with van der Waals surface area (Å²) in [4.78, 5) is 25.6. The standard InChI is InChI=1S/C21H21NO5/c1-25-18-6-3-5-15(21(18)26-2)8-13-20(24)27-17-11-9-16(10-12-17)22-14-4-7-19(22)23/h3,5-6,8-13H,4,7,14H2,1-2H3/b13-8+. The van der Waals surface area contributed by atoms with Gasteiger partial charge in [-0.15, -0.1) is 0 Å². The zero-order chi connectivity index (χ0) is 19.2. The van der Waals surface area contributed by atoms with Crippen LogP contribution in [0.25, 0.3) is 6.08 Å². The molecule has 0 bridgehead atoms. The van der Waals surface area contributed by atoms with Crippen molar-refractivity contribution >= 4 is 23.6 Å². The summed E-state index contributed by atoms with van der Waals surface area (Å²) in [5.41, 5.74) is 1.52. The van der Waals surface area contributed by atoms with Gasteiger partial charge in [0, 0.05) is 30.3 Å². The Morgan fingerprint density at radius 1 is 1.07 bits per heavy atom. The molecule has 0 aliphatic carbocycles. The van der Waals surface area contributed by atoms with Crippen molar-refractivity contribution in [3.05, 3.63) is 54.1 Å². The Bertz CT molecular complexity index is 857. The largest absolute Gasteiger partial charge is 0.493 e. The van der Waals surface area contributed by atoms with Gasteiger partial charge >= 0.3 is 5.97 Å². The molecule has 1 amide bonds. The topological polar surface area (TPSA) is 65.1 Å². The van der Waals surface area contributed by atoms with E-state index in [0.29, 0.717) is 29.2 Å². The van der Waals surface area contributed by atoms with Gasteiger partial charge in [-0.1, -0.05) is 12.1 Å². The zero-order valence-electron chi connectivity index (χ0n) is 15.3. The highest BCUT2D eigenvalue weighted by Crippen LogP contribution is 2.31. The fraction of sp³-hybridized carbons (Fsp3) is 0.238. The van der Waals surface area contributed by atoms with Gasteiger partial charge in [-0.25, -0.2) is 4.79 Å². The number of hydrogen-bond donors (Lipinski definition) is 0. The molecule has 6 heteroatoms. The minimum Gasteiger partial charge on any atom is -0.493 e. The first-order valence-electron chi connectivity index (χ1n) is 8.63. The molecule has 1 heterocycles.